The molecule has 2 rings (SSSR count). The van der Waals surface area contributed by atoms with Gasteiger partial charge < -0.3 is 16.0 Å². The second kappa shape index (κ2) is 6.56. The molecule has 6 nitrogen and oxygen atoms in total. The number of aryl methyl sites for hydroxylation is 1. The lowest BCUT2D eigenvalue weighted by Gasteiger charge is -2.14. The Balaban J connectivity index is 2.02. The van der Waals surface area contributed by atoms with E-state index in [1.54, 1.807) is 26.1 Å². The first-order chi connectivity index (χ1) is 10.0. The third-order valence-electron chi connectivity index (χ3n) is 3.42. The summed E-state index contributed by atoms with van der Waals surface area (Å²) in [6.45, 7) is 3.67. The SMILES string of the molecule is CCc1cc(C(=O)NC(C)C(=O)NC2CC2)cc(NC)n1. The molecule has 21 heavy (non-hydrogen) atoms. The molecule has 1 heterocycles. The van der Waals surface area contributed by atoms with Crippen molar-refractivity contribution in [1.29, 1.82) is 0 Å². The maximum atomic E-state index is 12.3. The van der Waals surface area contributed by atoms with Crippen molar-refractivity contribution in [3.8, 4) is 0 Å². The van der Waals surface area contributed by atoms with Gasteiger partial charge in [0, 0.05) is 24.3 Å². The largest absolute Gasteiger partial charge is 0.373 e. The summed E-state index contributed by atoms with van der Waals surface area (Å²) in [7, 11) is 1.76. The molecular formula is C15H22N4O2. The van der Waals surface area contributed by atoms with Crippen molar-refractivity contribution in [3.63, 3.8) is 0 Å². The monoisotopic (exact) mass is 290 g/mol. The van der Waals surface area contributed by atoms with Gasteiger partial charge in [-0.25, -0.2) is 4.98 Å². The Bertz CT molecular complexity index is 518. The minimum absolute atomic E-state index is 0.135. The van der Waals surface area contributed by atoms with Gasteiger partial charge in [0.2, 0.25) is 5.91 Å². The highest BCUT2D eigenvalue weighted by Crippen LogP contribution is 2.18. The van der Waals surface area contributed by atoms with Gasteiger partial charge in [-0.15, -0.1) is 0 Å². The Hall–Kier alpha value is -2.11. The number of amides is 2. The van der Waals surface area contributed by atoms with Crippen LogP contribution in [0.15, 0.2) is 12.1 Å². The van der Waals surface area contributed by atoms with Gasteiger partial charge in [0.1, 0.15) is 11.9 Å². The van der Waals surface area contributed by atoms with Gasteiger partial charge in [0.05, 0.1) is 0 Å². The van der Waals surface area contributed by atoms with Gasteiger partial charge in [-0.2, -0.15) is 0 Å². The van der Waals surface area contributed by atoms with Crippen molar-refractivity contribution in [2.75, 3.05) is 12.4 Å². The zero-order valence-corrected chi connectivity index (χ0v) is 12.7. The van der Waals surface area contributed by atoms with E-state index in [0.717, 1.165) is 25.0 Å². The first-order valence-electron chi connectivity index (χ1n) is 7.33. The third-order valence-corrected chi connectivity index (χ3v) is 3.42. The van der Waals surface area contributed by atoms with Crippen LogP contribution in [0.1, 0.15) is 42.7 Å². The summed E-state index contributed by atoms with van der Waals surface area (Å²) in [6, 6.07) is 3.18. The predicted octanol–water partition coefficient (Wildman–Crippen LogP) is 1.08. The first-order valence-corrected chi connectivity index (χ1v) is 7.33. The lowest BCUT2D eigenvalue weighted by atomic mass is 10.1. The molecule has 3 N–H and O–H groups in total. The van der Waals surface area contributed by atoms with E-state index >= 15 is 0 Å². The summed E-state index contributed by atoms with van der Waals surface area (Å²) in [4.78, 5) is 28.5. The van der Waals surface area contributed by atoms with Crippen LogP contribution in [-0.4, -0.2) is 35.9 Å². The smallest absolute Gasteiger partial charge is 0.252 e. The molecule has 2 amide bonds. The number of aromatic nitrogens is 1. The highest BCUT2D eigenvalue weighted by molar-refractivity contribution is 5.98. The fourth-order valence-electron chi connectivity index (χ4n) is 1.93. The number of nitrogens with zero attached hydrogens (tertiary/aromatic N) is 1. The molecule has 6 heteroatoms. The normalized spacial score (nSPS) is 15.2. The lowest BCUT2D eigenvalue weighted by Crippen LogP contribution is -2.45. The Kier molecular flexibility index (Phi) is 4.77. The Morgan fingerprint density at radius 2 is 2.10 bits per heavy atom. The van der Waals surface area contributed by atoms with E-state index in [2.05, 4.69) is 20.9 Å². The minimum Gasteiger partial charge on any atom is -0.373 e. The maximum absolute atomic E-state index is 12.3. The molecule has 0 spiro atoms. The summed E-state index contributed by atoms with van der Waals surface area (Å²) in [5, 5.41) is 8.54. The zero-order chi connectivity index (χ0) is 15.4. The molecule has 0 saturated heterocycles. The van der Waals surface area contributed by atoms with Gasteiger partial charge in [-0.3, -0.25) is 9.59 Å². The number of carbonyl (C=O) groups excluding carboxylic acids is 2. The maximum Gasteiger partial charge on any atom is 0.252 e. The van der Waals surface area contributed by atoms with Gasteiger partial charge >= 0.3 is 0 Å². The zero-order valence-electron chi connectivity index (χ0n) is 12.7. The minimum atomic E-state index is -0.547. The van der Waals surface area contributed by atoms with Crippen LogP contribution in [0.25, 0.3) is 0 Å². The summed E-state index contributed by atoms with van der Waals surface area (Å²) in [5.41, 5.74) is 1.35. The fourth-order valence-corrected chi connectivity index (χ4v) is 1.93. The van der Waals surface area contributed by atoms with Crippen molar-refractivity contribution in [2.45, 2.75) is 45.2 Å². The van der Waals surface area contributed by atoms with E-state index in [1.165, 1.54) is 0 Å². The van der Waals surface area contributed by atoms with Crippen LogP contribution in [0.5, 0.6) is 0 Å². The van der Waals surface area contributed by atoms with Crippen molar-refractivity contribution in [3.05, 3.63) is 23.4 Å². The Morgan fingerprint density at radius 3 is 2.67 bits per heavy atom. The molecule has 1 aliphatic carbocycles. The van der Waals surface area contributed by atoms with E-state index in [4.69, 9.17) is 0 Å². The van der Waals surface area contributed by atoms with Crippen molar-refractivity contribution >= 4 is 17.6 Å². The van der Waals surface area contributed by atoms with E-state index < -0.39 is 6.04 Å². The predicted molar refractivity (Wildman–Crippen MR) is 81.3 cm³/mol. The van der Waals surface area contributed by atoms with Crippen molar-refractivity contribution in [2.24, 2.45) is 0 Å². The average Bonchev–Trinajstić information content (AvgIpc) is 3.30. The number of hydrogen-bond donors (Lipinski definition) is 3. The van der Waals surface area contributed by atoms with Crippen LogP contribution in [0, 0.1) is 0 Å². The first kappa shape index (κ1) is 15.3. The molecule has 1 saturated carbocycles. The van der Waals surface area contributed by atoms with E-state index in [0.29, 0.717) is 17.4 Å². The molecule has 1 unspecified atom stereocenters. The van der Waals surface area contributed by atoms with Gasteiger partial charge in [0.25, 0.3) is 5.91 Å². The topological polar surface area (TPSA) is 83.1 Å². The number of hydrogen-bond acceptors (Lipinski definition) is 4. The standard InChI is InChI=1S/C15H22N4O2/c1-4-11-7-10(8-13(16-3)18-11)15(21)17-9(2)14(20)19-12-5-6-12/h7-9,12H,4-6H2,1-3H3,(H,16,18)(H,17,21)(H,19,20). The van der Waals surface area contributed by atoms with Crippen molar-refractivity contribution < 1.29 is 9.59 Å². The number of anilines is 1. The third kappa shape index (κ3) is 4.18. The molecule has 1 aromatic rings. The molecule has 0 aliphatic heterocycles. The molecule has 1 atom stereocenters. The molecule has 114 valence electrons. The molecule has 0 bridgehead atoms. The number of carbonyl (C=O) groups is 2. The highest BCUT2D eigenvalue weighted by Gasteiger charge is 2.26. The second-order valence-electron chi connectivity index (χ2n) is 5.31. The van der Waals surface area contributed by atoms with Crippen LogP contribution in [0.2, 0.25) is 0 Å². The summed E-state index contributed by atoms with van der Waals surface area (Å²) < 4.78 is 0. The molecule has 1 aliphatic rings. The van der Waals surface area contributed by atoms with Gasteiger partial charge in [-0.1, -0.05) is 6.92 Å². The fraction of sp³-hybridized carbons (Fsp3) is 0.533. The quantitative estimate of drug-likeness (QED) is 0.732. The highest BCUT2D eigenvalue weighted by atomic mass is 16.2. The molecular weight excluding hydrogens is 268 g/mol. The molecule has 1 aromatic heterocycles. The molecule has 1 fully saturated rings. The van der Waals surface area contributed by atoms with Crippen molar-refractivity contribution in [1.82, 2.24) is 15.6 Å². The van der Waals surface area contributed by atoms with Crippen LogP contribution in [0.3, 0.4) is 0 Å². The van der Waals surface area contributed by atoms with Gasteiger partial charge in [0.15, 0.2) is 0 Å². The lowest BCUT2D eigenvalue weighted by molar-refractivity contribution is -0.122. The average molecular weight is 290 g/mol. The van der Waals surface area contributed by atoms with E-state index in [-0.39, 0.29) is 11.8 Å². The summed E-state index contributed by atoms with van der Waals surface area (Å²) in [6.07, 6.45) is 2.80. The van der Waals surface area contributed by atoms with Gasteiger partial charge in [-0.05, 0) is 38.3 Å². The second-order valence-corrected chi connectivity index (χ2v) is 5.31. The van der Waals surface area contributed by atoms with E-state index in [9.17, 15) is 9.59 Å². The Labute approximate surface area is 124 Å². The summed E-state index contributed by atoms with van der Waals surface area (Å²) >= 11 is 0. The molecule has 0 aromatic carbocycles. The number of rotatable bonds is 6. The van der Waals surface area contributed by atoms with E-state index in [1.807, 2.05) is 6.92 Å². The number of pyridine rings is 1. The number of nitrogens with one attached hydrogen (secondary N) is 3. The Morgan fingerprint density at radius 1 is 1.38 bits per heavy atom. The van der Waals surface area contributed by atoms with Crippen LogP contribution in [-0.2, 0) is 11.2 Å². The summed E-state index contributed by atoms with van der Waals surface area (Å²) in [5.74, 6) is 0.251. The van der Waals surface area contributed by atoms with Crippen LogP contribution in [0.4, 0.5) is 5.82 Å². The van der Waals surface area contributed by atoms with Crippen LogP contribution < -0.4 is 16.0 Å². The van der Waals surface area contributed by atoms with Crippen LogP contribution >= 0.6 is 0 Å². The molecule has 0 radical (unpaired) electrons.